The minimum atomic E-state index is -0.537. The van der Waals surface area contributed by atoms with Crippen LogP contribution in [0.2, 0.25) is 0 Å². The van der Waals surface area contributed by atoms with Gasteiger partial charge in [0, 0.05) is 55.5 Å². The number of aryl methyl sites for hydroxylation is 3. The molecular weight excluding hydrogens is 569 g/mol. The molecule has 0 bridgehead atoms. The van der Waals surface area contributed by atoms with Gasteiger partial charge in [0.15, 0.2) is 5.96 Å². The van der Waals surface area contributed by atoms with Crippen LogP contribution in [0.5, 0.6) is 0 Å². The first-order chi connectivity index (χ1) is 21.7. The zero-order chi connectivity index (χ0) is 32.3. The fourth-order valence-electron chi connectivity index (χ4n) is 5.74. The Labute approximate surface area is 264 Å². The number of amides is 1. The smallest absolute Gasteiger partial charge is 0.236 e. The summed E-state index contributed by atoms with van der Waals surface area (Å²) in [7, 11) is 1.98. The third-order valence-electron chi connectivity index (χ3n) is 7.94. The van der Waals surface area contributed by atoms with Crippen molar-refractivity contribution in [1.82, 2.24) is 25.2 Å². The predicted octanol–water partition coefficient (Wildman–Crippen LogP) is 4.21. The monoisotopic (exact) mass is 615 g/mol. The summed E-state index contributed by atoms with van der Waals surface area (Å²) in [5.74, 6) is -0.375. The summed E-state index contributed by atoms with van der Waals surface area (Å²) in [6.07, 6.45) is 8.89. The second-order valence-electron chi connectivity index (χ2n) is 11.6. The number of aliphatic imine (C=N–C) groups is 1. The lowest BCUT2D eigenvalue weighted by atomic mass is 9.93. The summed E-state index contributed by atoms with van der Waals surface area (Å²) < 4.78 is 15.9. The number of hydrogen-bond donors (Lipinski definition) is 5. The summed E-state index contributed by atoms with van der Waals surface area (Å²) in [6.45, 7) is 7.07. The number of pyridine rings is 1. The average molecular weight is 616 g/mol. The highest BCUT2D eigenvalue weighted by atomic mass is 19.1. The van der Waals surface area contributed by atoms with Gasteiger partial charge in [0.1, 0.15) is 5.82 Å². The van der Waals surface area contributed by atoms with Crippen molar-refractivity contribution in [2.24, 2.45) is 29.2 Å². The van der Waals surface area contributed by atoms with Gasteiger partial charge in [-0.3, -0.25) is 14.8 Å². The molecule has 2 heterocycles. The Kier molecular flexibility index (Phi) is 12.0. The largest absolute Gasteiger partial charge is 0.370 e. The van der Waals surface area contributed by atoms with Crippen LogP contribution in [0.1, 0.15) is 55.2 Å². The van der Waals surface area contributed by atoms with E-state index in [1.54, 1.807) is 12.3 Å². The van der Waals surface area contributed by atoms with Crippen molar-refractivity contribution < 1.29 is 9.18 Å². The molecule has 0 aliphatic rings. The van der Waals surface area contributed by atoms with Gasteiger partial charge in [-0.15, -0.1) is 0 Å². The van der Waals surface area contributed by atoms with Gasteiger partial charge in [0.25, 0.3) is 0 Å². The highest BCUT2D eigenvalue weighted by Gasteiger charge is 2.20. The van der Waals surface area contributed by atoms with Gasteiger partial charge < -0.3 is 32.4 Å². The number of halogens is 1. The molecule has 1 amide bonds. The Morgan fingerprint density at radius 3 is 2.47 bits per heavy atom. The summed E-state index contributed by atoms with van der Waals surface area (Å²) in [5.41, 5.74) is 24.7. The number of hydrogen-bond acceptors (Lipinski definition) is 6. The van der Waals surface area contributed by atoms with Crippen LogP contribution in [0.4, 0.5) is 4.39 Å². The molecule has 0 spiro atoms. The van der Waals surface area contributed by atoms with Crippen LogP contribution in [-0.4, -0.2) is 52.1 Å². The Balaban J connectivity index is 1.24. The molecule has 0 unspecified atom stereocenters. The summed E-state index contributed by atoms with van der Waals surface area (Å²) >= 11 is 0. The predicted molar refractivity (Wildman–Crippen MR) is 180 cm³/mol. The zero-order valence-corrected chi connectivity index (χ0v) is 26.6. The third kappa shape index (κ3) is 9.09. The van der Waals surface area contributed by atoms with Crippen molar-refractivity contribution in [3.05, 3.63) is 71.4 Å². The number of carbonyl (C=O) groups excluding carboxylic acids is 1. The number of nitrogens with one attached hydrogen (secondary N) is 2. The molecule has 0 saturated carbocycles. The minimum Gasteiger partial charge on any atom is -0.370 e. The van der Waals surface area contributed by atoms with E-state index < -0.39 is 6.04 Å². The fraction of sp³-hybridized carbons (Fsp3) is 0.412. The van der Waals surface area contributed by atoms with Crippen LogP contribution < -0.4 is 27.8 Å². The molecule has 8 N–H and O–H groups in total. The summed E-state index contributed by atoms with van der Waals surface area (Å²) in [4.78, 5) is 25.2. The summed E-state index contributed by atoms with van der Waals surface area (Å²) in [6, 6.07) is 10.6. The standard InChI is InChI=1S/C34H46FN9O/c1-22-17-24(20-39-13-6-4-5-7-14-41-33(45)28(36)9-8-15-42-34(37)38)18-23(2)30(22)31-32(44(3)21-43-31)27-12-16-40-29-19-25(35)10-11-26(27)29/h10-12,16-19,21,28,39H,4-9,13-15,20,36H2,1-3H3,(H,41,45)(H4,37,38,42)/t28-/m0/s1. The van der Waals surface area contributed by atoms with Crippen molar-refractivity contribution in [1.29, 1.82) is 0 Å². The zero-order valence-electron chi connectivity index (χ0n) is 26.6. The van der Waals surface area contributed by atoms with Gasteiger partial charge in [-0.2, -0.15) is 0 Å². The van der Waals surface area contributed by atoms with Gasteiger partial charge in [-0.25, -0.2) is 9.37 Å². The Morgan fingerprint density at radius 1 is 1.00 bits per heavy atom. The first-order valence-electron chi connectivity index (χ1n) is 15.6. The van der Waals surface area contributed by atoms with Crippen LogP contribution in [0.25, 0.3) is 33.4 Å². The van der Waals surface area contributed by atoms with Crippen LogP contribution in [0.15, 0.2) is 53.9 Å². The van der Waals surface area contributed by atoms with E-state index in [1.807, 2.05) is 24.0 Å². The van der Waals surface area contributed by atoms with E-state index in [-0.39, 0.29) is 17.7 Å². The number of nitrogens with two attached hydrogens (primary N) is 3. The number of fused-ring (bicyclic) bond motifs is 1. The first kappa shape index (κ1) is 33.5. The molecular formula is C34H46FN9O. The van der Waals surface area contributed by atoms with Crippen LogP contribution in [-0.2, 0) is 18.4 Å². The Morgan fingerprint density at radius 2 is 1.73 bits per heavy atom. The molecule has 45 heavy (non-hydrogen) atoms. The number of rotatable bonds is 16. The van der Waals surface area contributed by atoms with E-state index >= 15 is 0 Å². The molecule has 240 valence electrons. The quantitative estimate of drug-likeness (QED) is 0.0717. The lowest BCUT2D eigenvalue weighted by Gasteiger charge is -2.15. The lowest BCUT2D eigenvalue weighted by molar-refractivity contribution is -0.122. The number of unbranched alkanes of at least 4 members (excludes halogenated alkanes) is 3. The van der Waals surface area contributed by atoms with Crippen molar-refractivity contribution in [3.63, 3.8) is 0 Å². The van der Waals surface area contributed by atoms with Crippen molar-refractivity contribution in [2.45, 2.75) is 65.0 Å². The second-order valence-corrected chi connectivity index (χ2v) is 11.6. The SMILES string of the molecule is Cc1cc(CNCCCCCCNC(=O)[C@@H](N)CCCN=C(N)N)cc(C)c1-c1ncn(C)c1-c1ccnc2cc(F)ccc12. The highest BCUT2D eigenvalue weighted by Crippen LogP contribution is 2.37. The Hall–Kier alpha value is -4.35. The molecule has 1 atom stereocenters. The third-order valence-corrected chi connectivity index (χ3v) is 7.94. The van der Waals surface area contributed by atoms with Crippen LogP contribution in [0.3, 0.4) is 0 Å². The molecule has 0 saturated heterocycles. The number of nitrogens with zero attached hydrogens (tertiary/aromatic N) is 4. The van der Waals surface area contributed by atoms with Crippen molar-refractivity contribution in [3.8, 4) is 22.5 Å². The van der Waals surface area contributed by atoms with Gasteiger partial charge in [-0.05, 0) is 81.0 Å². The maximum Gasteiger partial charge on any atom is 0.236 e. The molecule has 0 aliphatic carbocycles. The molecule has 10 nitrogen and oxygen atoms in total. The van der Waals surface area contributed by atoms with Gasteiger partial charge in [0.2, 0.25) is 5.91 Å². The van der Waals surface area contributed by atoms with E-state index in [1.165, 1.54) is 17.7 Å². The van der Waals surface area contributed by atoms with Gasteiger partial charge in [-0.1, -0.05) is 25.0 Å². The van der Waals surface area contributed by atoms with Crippen molar-refractivity contribution >= 4 is 22.8 Å². The Bertz CT molecular complexity index is 1600. The topological polar surface area (TPSA) is 162 Å². The molecule has 11 heteroatoms. The normalized spacial score (nSPS) is 11.9. The van der Waals surface area contributed by atoms with E-state index in [9.17, 15) is 9.18 Å². The number of aromatic nitrogens is 3. The molecule has 4 aromatic rings. The van der Waals surface area contributed by atoms with E-state index in [0.717, 1.165) is 77.8 Å². The first-order valence-corrected chi connectivity index (χ1v) is 15.6. The molecule has 4 rings (SSSR count). The maximum atomic E-state index is 13.9. The minimum absolute atomic E-state index is 0.0516. The summed E-state index contributed by atoms with van der Waals surface area (Å²) in [5, 5.41) is 7.38. The van der Waals surface area contributed by atoms with E-state index in [0.29, 0.717) is 31.4 Å². The van der Waals surface area contributed by atoms with Crippen LogP contribution in [0, 0.1) is 19.7 Å². The molecule has 2 aromatic carbocycles. The molecule has 2 aromatic heterocycles. The number of benzene rings is 2. The van der Waals surface area contributed by atoms with E-state index in [2.05, 4.69) is 46.6 Å². The van der Waals surface area contributed by atoms with Crippen molar-refractivity contribution in [2.75, 3.05) is 19.6 Å². The van der Waals surface area contributed by atoms with E-state index in [4.69, 9.17) is 22.2 Å². The number of imidazole rings is 1. The highest BCUT2D eigenvalue weighted by molar-refractivity contribution is 5.97. The van der Waals surface area contributed by atoms with Gasteiger partial charge in [0.05, 0.1) is 29.3 Å². The number of carbonyl (C=O) groups is 1. The second kappa shape index (κ2) is 16.1. The van der Waals surface area contributed by atoms with Gasteiger partial charge >= 0.3 is 0 Å². The van der Waals surface area contributed by atoms with Crippen LogP contribution >= 0.6 is 0 Å². The molecule has 0 aliphatic heterocycles. The molecule has 0 radical (unpaired) electrons. The maximum absolute atomic E-state index is 13.9. The lowest BCUT2D eigenvalue weighted by Crippen LogP contribution is -2.41. The fourth-order valence-corrected chi connectivity index (χ4v) is 5.74. The number of guanidine groups is 1. The average Bonchev–Trinajstić information content (AvgIpc) is 3.37. The molecule has 0 fully saturated rings.